The standard InChI is InChI=1S/C10H17N3O3S/c11-3-5-17-7-9(15)12-8(14)6-13-4-1-2-10(13)16/h1-7,11H2,(H,12,14,15). The average Bonchev–Trinajstić information content (AvgIpc) is 2.64. The van der Waals surface area contributed by atoms with E-state index < -0.39 is 5.91 Å². The minimum absolute atomic E-state index is 0.0217. The van der Waals surface area contributed by atoms with Crippen molar-refractivity contribution in [2.75, 3.05) is 31.1 Å². The first-order chi connectivity index (χ1) is 8.13. The van der Waals surface area contributed by atoms with Crippen molar-refractivity contribution in [1.29, 1.82) is 0 Å². The number of nitrogens with one attached hydrogen (secondary N) is 1. The smallest absolute Gasteiger partial charge is 0.246 e. The zero-order chi connectivity index (χ0) is 12.7. The van der Waals surface area contributed by atoms with E-state index in [2.05, 4.69) is 5.32 Å². The van der Waals surface area contributed by atoms with E-state index >= 15 is 0 Å². The van der Waals surface area contributed by atoms with Gasteiger partial charge < -0.3 is 10.6 Å². The maximum Gasteiger partial charge on any atom is 0.246 e. The van der Waals surface area contributed by atoms with E-state index in [0.717, 1.165) is 6.42 Å². The lowest BCUT2D eigenvalue weighted by Gasteiger charge is -2.14. The van der Waals surface area contributed by atoms with Gasteiger partial charge >= 0.3 is 0 Å². The molecule has 0 aromatic carbocycles. The van der Waals surface area contributed by atoms with Gasteiger partial charge in [-0.15, -0.1) is 0 Å². The summed E-state index contributed by atoms with van der Waals surface area (Å²) < 4.78 is 0. The third kappa shape index (κ3) is 5.18. The van der Waals surface area contributed by atoms with Gasteiger partial charge in [-0.25, -0.2) is 0 Å². The predicted octanol–water partition coefficient (Wildman–Crippen LogP) is -1.06. The highest BCUT2D eigenvalue weighted by atomic mass is 32.2. The molecule has 17 heavy (non-hydrogen) atoms. The van der Waals surface area contributed by atoms with Crippen LogP contribution in [0.2, 0.25) is 0 Å². The van der Waals surface area contributed by atoms with E-state index in [-0.39, 0.29) is 24.1 Å². The Morgan fingerprint density at radius 1 is 1.41 bits per heavy atom. The van der Waals surface area contributed by atoms with Crippen LogP contribution in [-0.4, -0.2) is 53.8 Å². The summed E-state index contributed by atoms with van der Waals surface area (Å²) in [5.41, 5.74) is 5.28. The summed E-state index contributed by atoms with van der Waals surface area (Å²) in [5.74, 6) is 0.132. The highest BCUT2D eigenvalue weighted by molar-refractivity contribution is 7.99. The van der Waals surface area contributed by atoms with E-state index in [1.807, 2.05) is 0 Å². The molecule has 1 rings (SSSR count). The number of likely N-dealkylation sites (tertiary alicyclic amines) is 1. The van der Waals surface area contributed by atoms with Crippen LogP contribution in [0.3, 0.4) is 0 Å². The van der Waals surface area contributed by atoms with Crippen LogP contribution >= 0.6 is 11.8 Å². The van der Waals surface area contributed by atoms with Crippen LogP contribution < -0.4 is 11.1 Å². The quantitative estimate of drug-likeness (QED) is 0.593. The van der Waals surface area contributed by atoms with Gasteiger partial charge in [-0.3, -0.25) is 19.7 Å². The molecular formula is C10H17N3O3S. The summed E-state index contributed by atoms with van der Waals surface area (Å²) in [6.07, 6.45) is 1.28. The number of hydrogen-bond donors (Lipinski definition) is 2. The Kier molecular flexibility index (Phi) is 5.99. The molecule has 1 aliphatic heterocycles. The van der Waals surface area contributed by atoms with E-state index in [0.29, 0.717) is 25.3 Å². The second-order valence-electron chi connectivity index (χ2n) is 3.73. The molecule has 0 aromatic heterocycles. The topological polar surface area (TPSA) is 92.5 Å². The lowest BCUT2D eigenvalue weighted by molar-refractivity contribution is -0.135. The van der Waals surface area contributed by atoms with Crippen LogP contribution in [0.5, 0.6) is 0 Å². The van der Waals surface area contributed by atoms with Crippen LogP contribution in [0.4, 0.5) is 0 Å². The Hall–Kier alpha value is -1.08. The summed E-state index contributed by atoms with van der Waals surface area (Å²) in [6, 6.07) is 0. The molecule has 0 unspecified atom stereocenters. The fourth-order valence-corrected chi connectivity index (χ4v) is 2.09. The van der Waals surface area contributed by atoms with Crippen LogP contribution in [0.25, 0.3) is 0 Å². The molecule has 7 heteroatoms. The van der Waals surface area contributed by atoms with Gasteiger partial charge in [-0.2, -0.15) is 11.8 Å². The van der Waals surface area contributed by atoms with Crippen molar-refractivity contribution in [2.24, 2.45) is 5.73 Å². The molecule has 0 saturated carbocycles. The van der Waals surface area contributed by atoms with Crippen LogP contribution in [0, 0.1) is 0 Å². The summed E-state index contributed by atoms with van der Waals surface area (Å²) >= 11 is 1.38. The maximum atomic E-state index is 11.4. The fraction of sp³-hybridized carbons (Fsp3) is 0.700. The van der Waals surface area contributed by atoms with Gasteiger partial charge in [0.2, 0.25) is 17.7 Å². The first-order valence-corrected chi connectivity index (χ1v) is 6.67. The third-order valence-electron chi connectivity index (χ3n) is 2.28. The molecule has 0 aliphatic carbocycles. The van der Waals surface area contributed by atoms with E-state index in [9.17, 15) is 14.4 Å². The third-order valence-corrected chi connectivity index (χ3v) is 3.27. The molecule has 1 heterocycles. The van der Waals surface area contributed by atoms with Crippen molar-refractivity contribution in [1.82, 2.24) is 10.2 Å². The van der Waals surface area contributed by atoms with Gasteiger partial charge in [0.25, 0.3) is 0 Å². The number of hydrogen-bond acceptors (Lipinski definition) is 5. The first-order valence-electron chi connectivity index (χ1n) is 5.51. The Morgan fingerprint density at radius 2 is 2.18 bits per heavy atom. The molecule has 6 nitrogen and oxygen atoms in total. The van der Waals surface area contributed by atoms with Crippen molar-refractivity contribution in [2.45, 2.75) is 12.8 Å². The van der Waals surface area contributed by atoms with Crippen molar-refractivity contribution in [3.05, 3.63) is 0 Å². The molecule has 3 N–H and O–H groups in total. The molecule has 0 aromatic rings. The Balaban J connectivity index is 2.20. The molecule has 0 spiro atoms. The summed E-state index contributed by atoms with van der Waals surface area (Å²) in [6.45, 7) is 1.09. The number of rotatable bonds is 6. The molecule has 1 fully saturated rings. The first kappa shape index (κ1) is 14.0. The highest BCUT2D eigenvalue weighted by Gasteiger charge is 2.22. The number of carbonyl (C=O) groups excluding carboxylic acids is 3. The lowest BCUT2D eigenvalue weighted by Crippen LogP contribution is -2.41. The minimum Gasteiger partial charge on any atom is -0.333 e. The largest absolute Gasteiger partial charge is 0.333 e. The van der Waals surface area contributed by atoms with Crippen LogP contribution in [-0.2, 0) is 14.4 Å². The SMILES string of the molecule is NCCSCC(=O)NC(=O)CN1CCCC1=O. The summed E-state index contributed by atoms with van der Waals surface area (Å²) in [5, 5.41) is 2.25. The van der Waals surface area contributed by atoms with Gasteiger partial charge in [-0.05, 0) is 6.42 Å². The Labute approximate surface area is 104 Å². The molecule has 3 amide bonds. The molecule has 1 saturated heterocycles. The molecule has 96 valence electrons. The molecular weight excluding hydrogens is 242 g/mol. The zero-order valence-electron chi connectivity index (χ0n) is 9.61. The van der Waals surface area contributed by atoms with Gasteiger partial charge in [0.05, 0.1) is 12.3 Å². The second-order valence-corrected chi connectivity index (χ2v) is 4.84. The van der Waals surface area contributed by atoms with E-state index in [1.165, 1.54) is 16.7 Å². The van der Waals surface area contributed by atoms with Gasteiger partial charge in [0, 0.05) is 25.3 Å². The van der Waals surface area contributed by atoms with E-state index in [1.54, 1.807) is 0 Å². The number of imide groups is 1. The molecule has 0 atom stereocenters. The second kappa shape index (κ2) is 7.29. The number of thioether (sulfide) groups is 1. The lowest BCUT2D eigenvalue weighted by atomic mass is 10.4. The number of amides is 3. The van der Waals surface area contributed by atoms with Crippen molar-refractivity contribution in [3.63, 3.8) is 0 Å². The fourth-order valence-electron chi connectivity index (χ4n) is 1.52. The minimum atomic E-state index is -0.418. The van der Waals surface area contributed by atoms with Crippen LogP contribution in [0.1, 0.15) is 12.8 Å². The normalized spacial score (nSPS) is 15.1. The summed E-state index contributed by atoms with van der Waals surface area (Å²) in [4.78, 5) is 35.4. The van der Waals surface area contributed by atoms with Crippen molar-refractivity contribution >= 4 is 29.5 Å². The van der Waals surface area contributed by atoms with Gasteiger partial charge in [0.15, 0.2) is 0 Å². The monoisotopic (exact) mass is 259 g/mol. The van der Waals surface area contributed by atoms with E-state index in [4.69, 9.17) is 5.73 Å². The van der Waals surface area contributed by atoms with Crippen LogP contribution in [0.15, 0.2) is 0 Å². The average molecular weight is 259 g/mol. The van der Waals surface area contributed by atoms with Gasteiger partial charge in [-0.1, -0.05) is 0 Å². The molecule has 0 bridgehead atoms. The molecule has 0 radical (unpaired) electrons. The molecule has 1 aliphatic rings. The number of nitrogens with two attached hydrogens (primary N) is 1. The Bertz CT molecular complexity index is 309. The van der Waals surface area contributed by atoms with Crippen molar-refractivity contribution in [3.8, 4) is 0 Å². The zero-order valence-corrected chi connectivity index (χ0v) is 10.4. The highest BCUT2D eigenvalue weighted by Crippen LogP contribution is 2.08. The number of nitrogens with zero attached hydrogens (tertiary/aromatic N) is 1. The maximum absolute atomic E-state index is 11.4. The predicted molar refractivity (Wildman–Crippen MR) is 65.3 cm³/mol. The summed E-state index contributed by atoms with van der Waals surface area (Å²) in [7, 11) is 0. The van der Waals surface area contributed by atoms with Gasteiger partial charge in [0.1, 0.15) is 0 Å². The number of carbonyl (C=O) groups is 3. The van der Waals surface area contributed by atoms with Crippen molar-refractivity contribution < 1.29 is 14.4 Å². The Morgan fingerprint density at radius 3 is 2.76 bits per heavy atom.